The molecule has 0 aliphatic carbocycles. The molecule has 164 valence electrons. The zero-order valence-electron chi connectivity index (χ0n) is 17.2. The van der Waals surface area contributed by atoms with E-state index in [0.29, 0.717) is 22.5 Å². The molecule has 0 unspecified atom stereocenters. The van der Waals surface area contributed by atoms with Crippen LogP contribution in [0.25, 0.3) is 17.0 Å². The molecule has 0 saturated carbocycles. The van der Waals surface area contributed by atoms with E-state index in [1.54, 1.807) is 30.6 Å². The molecule has 32 heavy (non-hydrogen) atoms. The van der Waals surface area contributed by atoms with E-state index in [1.807, 2.05) is 6.07 Å². The number of carbonyl (C=O) groups excluding carboxylic acids is 1. The van der Waals surface area contributed by atoms with Crippen molar-refractivity contribution in [3.8, 4) is 11.6 Å². The van der Waals surface area contributed by atoms with Crippen molar-refractivity contribution in [1.82, 2.24) is 19.9 Å². The predicted molar refractivity (Wildman–Crippen MR) is 116 cm³/mol. The highest BCUT2D eigenvalue weighted by atomic mass is 16.5. The van der Waals surface area contributed by atoms with Gasteiger partial charge in [0.2, 0.25) is 5.88 Å². The second-order valence-corrected chi connectivity index (χ2v) is 7.12. The molecule has 1 aromatic carbocycles. The Morgan fingerprint density at radius 1 is 1.19 bits per heavy atom. The molecule has 1 aliphatic heterocycles. The quantitative estimate of drug-likeness (QED) is 0.480. The van der Waals surface area contributed by atoms with Crippen LogP contribution in [0.2, 0.25) is 0 Å². The lowest BCUT2D eigenvalue weighted by molar-refractivity contribution is 0.0990. The number of ether oxygens (including phenoxy) is 1. The van der Waals surface area contributed by atoms with E-state index >= 15 is 0 Å². The number of pyridine rings is 1. The highest BCUT2D eigenvalue weighted by Gasteiger charge is 2.21. The maximum atomic E-state index is 12.8. The molecule has 0 radical (unpaired) electrons. The molecular formula is C21H20N6O5. The maximum absolute atomic E-state index is 12.8. The Balaban J connectivity index is 1.42. The summed E-state index contributed by atoms with van der Waals surface area (Å²) in [6, 6.07) is 6.80. The third-order valence-corrected chi connectivity index (χ3v) is 5.20. The number of methoxy groups -OCH3 is 1. The van der Waals surface area contributed by atoms with E-state index < -0.39 is 11.7 Å². The summed E-state index contributed by atoms with van der Waals surface area (Å²) >= 11 is 0. The van der Waals surface area contributed by atoms with Crippen molar-refractivity contribution < 1.29 is 18.4 Å². The molecule has 11 nitrogen and oxygen atoms in total. The number of aromatic nitrogens is 3. The van der Waals surface area contributed by atoms with Crippen LogP contribution in [0.1, 0.15) is 10.7 Å². The number of rotatable bonds is 5. The lowest BCUT2D eigenvalue weighted by Crippen LogP contribution is -2.43. The Bertz CT molecular complexity index is 1330. The smallest absolute Gasteiger partial charge is 0.427 e. The van der Waals surface area contributed by atoms with E-state index in [-0.39, 0.29) is 11.8 Å². The van der Waals surface area contributed by atoms with Gasteiger partial charge in [0.05, 0.1) is 36.4 Å². The Labute approximate surface area is 181 Å². The first-order valence-corrected chi connectivity index (χ1v) is 10.0. The molecule has 4 aromatic rings. The highest BCUT2D eigenvalue weighted by Crippen LogP contribution is 2.26. The van der Waals surface area contributed by atoms with Crippen molar-refractivity contribution >= 4 is 28.4 Å². The fraction of sp³-hybridized carbons (Fsp3) is 0.238. The van der Waals surface area contributed by atoms with Crippen LogP contribution in [0, 0.1) is 0 Å². The summed E-state index contributed by atoms with van der Waals surface area (Å²) in [5.74, 6) is -0.789. The van der Waals surface area contributed by atoms with Gasteiger partial charge < -0.3 is 29.1 Å². The lowest BCUT2D eigenvalue weighted by Gasteiger charge is -2.30. The van der Waals surface area contributed by atoms with Gasteiger partial charge in [-0.3, -0.25) is 9.78 Å². The second-order valence-electron chi connectivity index (χ2n) is 7.12. The summed E-state index contributed by atoms with van der Waals surface area (Å²) in [5, 5.41) is 6.10. The minimum Gasteiger partial charge on any atom is -0.497 e. The maximum Gasteiger partial charge on any atom is 0.427 e. The Morgan fingerprint density at radius 3 is 2.84 bits per heavy atom. The minimum atomic E-state index is -0.662. The SMILES string of the molecule is COc1ccc2c(c1)oc(=O)n2-c1cnc(C(=O)Nc2cnccc2N2CCNCC2)o1. The number of nitrogens with zero attached hydrogens (tertiary/aromatic N) is 4. The molecule has 5 rings (SSSR count). The third kappa shape index (κ3) is 3.58. The first kappa shape index (κ1) is 19.8. The molecular weight excluding hydrogens is 416 g/mol. The van der Waals surface area contributed by atoms with Crippen LogP contribution in [0.3, 0.4) is 0 Å². The van der Waals surface area contributed by atoms with Crippen LogP contribution in [-0.2, 0) is 0 Å². The first-order valence-electron chi connectivity index (χ1n) is 10.0. The standard InChI is InChI=1S/C21H20N6O5/c1-30-13-2-3-16-17(10-13)31-21(29)27(16)18-12-24-20(32-18)19(28)25-14-11-23-5-4-15(14)26-8-6-22-7-9-26/h2-5,10-12,22H,6-9H2,1H3,(H,25,28). The molecule has 1 saturated heterocycles. The predicted octanol–water partition coefficient (Wildman–Crippen LogP) is 1.64. The average Bonchev–Trinajstić information content (AvgIpc) is 3.43. The summed E-state index contributed by atoms with van der Waals surface area (Å²) in [4.78, 5) is 35.5. The normalized spacial score (nSPS) is 14.0. The van der Waals surface area contributed by atoms with Crippen LogP contribution in [0.4, 0.5) is 11.4 Å². The zero-order chi connectivity index (χ0) is 22.1. The van der Waals surface area contributed by atoms with Crippen molar-refractivity contribution in [2.24, 2.45) is 0 Å². The van der Waals surface area contributed by atoms with Crippen LogP contribution in [-0.4, -0.2) is 53.7 Å². The number of anilines is 2. The monoisotopic (exact) mass is 436 g/mol. The number of carbonyl (C=O) groups is 1. The van der Waals surface area contributed by atoms with Crippen LogP contribution in [0.5, 0.6) is 5.75 Å². The molecule has 1 fully saturated rings. The highest BCUT2D eigenvalue weighted by molar-refractivity contribution is 6.03. The van der Waals surface area contributed by atoms with Crippen LogP contribution >= 0.6 is 0 Å². The van der Waals surface area contributed by atoms with Gasteiger partial charge in [0.1, 0.15) is 5.75 Å². The van der Waals surface area contributed by atoms with Crippen molar-refractivity contribution in [1.29, 1.82) is 0 Å². The number of amides is 1. The van der Waals surface area contributed by atoms with Gasteiger partial charge in [0, 0.05) is 38.4 Å². The molecule has 0 bridgehead atoms. The number of fused-ring (bicyclic) bond motifs is 1. The van der Waals surface area contributed by atoms with Gasteiger partial charge in [-0.05, 0) is 18.2 Å². The van der Waals surface area contributed by atoms with Gasteiger partial charge in [0.25, 0.3) is 5.89 Å². The molecule has 2 N–H and O–H groups in total. The molecule has 11 heteroatoms. The van der Waals surface area contributed by atoms with Gasteiger partial charge in [-0.25, -0.2) is 14.3 Å². The molecule has 1 amide bonds. The Kier molecular flexibility index (Phi) is 5.07. The number of benzene rings is 1. The van der Waals surface area contributed by atoms with E-state index in [4.69, 9.17) is 13.6 Å². The number of piperazine rings is 1. The van der Waals surface area contributed by atoms with Gasteiger partial charge in [-0.2, -0.15) is 0 Å². The topological polar surface area (TPSA) is 128 Å². The van der Waals surface area contributed by atoms with Crippen molar-refractivity contribution in [3.05, 3.63) is 59.3 Å². The van der Waals surface area contributed by atoms with E-state index in [0.717, 1.165) is 31.9 Å². The summed E-state index contributed by atoms with van der Waals surface area (Å²) < 4.78 is 17.2. The summed E-state index contributed by atoms with van der Waals surface area (Å²) in [6.45, 7) is 3.35. The summed E-state index contributed by atoms with van der Waals surface area (Å²) in [5.41, 5.74) is 2.21. The average molecular weight is 436 g/mol. The number of hydrogen-bond acceptors (Lipinski definition) is 9. The minimum absolute atomic E-state index is 0.0672. The Hall–Kier alpha value is -4.12. The number of oxazole rings is 2. The van der Waals surface area contributed by atoms with E-state index in [2.05, 4.69) is 25.5 Å². The fourth-order valence-electron chi connectivity index (χ4n) is 3.65. The third-order valence-electron chi connectivity index (χ3n) is 5.20. The molecule has 0 spiro atoms. The van der Waals surface area contributed by atoms with E-state index in [9.17, 15) is 9.59 Å². The van der Waals surface area contributed by atoms with Gasteiger partial charge >= 0.3 is 11.7 Å². The van der Waals surface area contributed by atoms with Crippen molar-refractivity contribution in [2.45, 2.75) is 0 Å². The van der Waals surface area contributed by atoms with Crippen molar-refractivity contribution in [3.63, 3.8) is 0 Å². The largest absolute Gasteiger partial charge is 0.497 e. The summed E-state index contributed by atoms with van der Waals surface area (Å²) in [6.07, 6.45) is 4.57. The number of hydrogen-bond donors (Lipinski definition) is 2. The number of nitrogens with one attached hydrogen (secondary N) is 2. The zero-order valence-corrected chi connectivity index (χ0v) is 17.2. The molecule has 4 heterocycles. The molecule has 3 aromatic heterocycles. The van der Waals surface area contributed by atoms with Crippen LogP contribution in [0.15, 0.2) is 56.5 Å². The second kappa shape index (κ2) is 8.19. The van der Waals surface area contributed by atoms with Gasteiger partial charge in [-0.15, -0.1) is 0 Å². The van der Waals surface area contributed by atoms with Gasteiger partial charge in [0.15, 0.2) is 5.58 Å². The lowest BCUT2D eigenvalue weighted by atomic mass is 10.2. The van der Waals surface area contributed by atoms with Crippen molar-refractivity contribution in [2.75, 3.05) is 43.5 Å². The van der Waals surface area contributed by atoms with Gasteiger partial charge in [-0.1, -0.05) is 0 Å². The fourth-order valence-corrected chi connectivity index (χ4v) is 3.65. The van der Waals surface area contributed by atoms with Crippen LogP contribution < -0.4 is 26.0 Å². The van der Waals surface area contributed by atoms with E-state index in [1.165, 1.54) is 17.9 Å². The molecule has 1 aliphatic rings. The first-order chi connectivity index (χ1) is 15.6. The molecule has 0 atom stereocenters. The summed E-state index contributed by atoms with van der Waals surface area (Å²) in [7, 11) is 1.52. The Morgan fingerprint density at radius 2 is 2.03 bits per heavy atom.